The molecule has 8 heteroatoms. The topological polar surface area (TPSA) is 84.6 Å². The Morgan fingerprint density at radius 3 is 2.52 bits per heavy atom. The second-order valence-electron chi connectivity index (χ2n) is 5.24. The van der Waals surface area contributed by atoms with Crippen molar-refractivity contribution in [3.05, 3.63) is 73.2 Å². The SMILES string of the molecule is CC/C(=N\NC(=O)c1ccc([N+](=O)[O-])c(C)c1)c1ccc(Cl)cc1Cl. The van der Waals surface area contributed by atoms with Crippen LogP contribution < -0.4 is 5.43 Å². The van der Waals surface area contributed by atoms with Crippen LogP contribution in [0, 0.1) is 17.0 Å². The van der Waals surface area contributed by atoms with E-state index in [1.807, 2.05) is 6.92 Å². The highest BCUT2D eigenvalue weighted by molar-refractivity contribution is 6.37. The standard InChI is InChI=1S/C17H15Cl2N3O3/c1-3-15(13-6-5-12(18)9-14(13)19)20-21-17(23)11-4-7-16(22(24)25)10(2)8-11/h4-9H,3H2,1-2H3,(H,21,23)/b20-15+. The number of aryl methyl sites for hydroxylation is 1. The van der Waals surface area contributed by atoms with E-state index in [9.17, 15) is 14.9 Å². The Kier molecular flexibility index (Phi) is 6.12. The van der Waals surface area contributed by atoms with Gasteiger partial charge in [-0.1, -0.05) is 36.2 Å². The number of hydrogen-bond acceptors (Lipinski definition) is 4. The van der Waals surface area contributed by atoms with E-state index >= 15 is 0 Å². The van der Waals surface area contributed by atoms with Crippen LogP contribution in [0.5, 0.6) is 0 Å². The predicted molar refractivity (Wildman–Crippen MR) is 98.6 cm³/mol. The lowest BCUT2D eigenvalue weighted by molar-refractivity contribution is -0.385. The highest BCUT2D eigenvalue weighted by atomic mass is 35.5. The number of amides is 1. The zero-order chi connectivity index (χ0) is 18.6. The Morgan fingerprint density at radius 2 is 1.96 bits per heavy atom. The molecule has 0 radical (unpaired) electrons. The average molecular weight is 380 g/mol. The van der Waals surface area contributed by atoms with Crippen molar-refractivity contribution in [3.63, 3.8) is 0 Å². The number of rotatable bonds is 5. The first-order chi connectivity index (χ1) is 11.8. The normalized spacial score (nSPS) is 11.3. The van der Waals surface area contributed by atoms with Crippen molar-refractivity contribution in [2.75, 3.05) is 0 Å². The zero-order valence-corrected chi connectivity index (χ0v) is 15.1. The lowest BCUT2D eigenvalue weighted by Crippen LogP contribution is -2.20. The average Bonchev–Trinajstić information content (AvgIpc) is 2.56. The van der Waals surface area contributed by atoms with Crippen molar-refractivity contribution in [2.45, 2.75) is 20.3 Å². The third-order valence-electron chi connectivity index (χ3n) is 3.53. The zero-order valence-electron chi connectivity index (χ0n) is 13.5. The molecule has 0 atom stereocenters. The molecular formula is C17H15Cl2N3O3. The van der Waals surface area contributed by atoms with Crippen LogP contribution in [0.15, 0.2) is 41.5 Å². The van der Waals surface area contributed by atoms with E-state index in [1.165, 1.54) is 18.2 Å². The van der Waals surface area contributed by atoms with Gasteiger partial charge in [0.1, 0.15) is 0 Å². The fraction of sp³-hybridized carbons (Fsp3) is 0.176. The van der Waals surface area contributed by atoms with Crippen LogP contribution in [0.25, 0.3) is 0 Å². The second kappa shape index (κ2) is 8.09. The van der Waals surface area contributed by atoms with Gasteiger partial charge in [-0.15, -0.1) is 0 Å². The fourth-order valence-corrected chi connectivity index (χ4v) is 2.76. The van der Waals surface area contributed by atoms with E-state index in [0.29, 0.717) is 33.3 Å². The molecule has 0 aliphatic rings. The summed E-state index contributed by atoms with van der Waals surface area (Å²) in [6.45, 7) is 3.45. The third kappa shape index (κ3) is 4.55. The summed E-state index contributed by atoms with van der Waals surface area (Å²) in [5, 5.41) is 15.9. The fourth-order valence-electron chi connectivity index (χ4n) is 2.24. The maximum atomic E-state index is 12.2. The number of halogens is 2. The van der Waals surface area contributed by atoms with Crippen LogP contribution in [0.4, 0.5) is 5.69 Å². The van der Waals surface area contributed by atoms with Gasteiger partial charge in [0.05, 0.1) is 15.7 Å². The lowest BCUT2D eigenvalue weighted by atomic mass is 10.1. The molecule has 6 nitrogen and oxygen atoms in total. The van der Waals surface area contributed by atoms with Gasteiger partial charge in [-0.2, -0.15) is 5.10 Å². The van der Waals surface area contributed by atoms with Gasteiger partial charge < -0.3 is 0 Å². The van der Waals surface area contributed by atoms with Crippen molar-refractivity contribution >= 4 is 40.5 Å². The van der Waals surface area contributed by atoms with Crippen molar-refractivity contribution in [2.24, 2.45) is 5.10 Å². The summed E-state index contributed by atoms with van der Waals surface area (Å²) < 4.78 is 0. The Bertz CT molecular complexity index is 866. The largest absolute Gasteiger partial charge is 0.272 e. The summed E-state index contributed by atoms with van der Waals surface area (Å²) >= 11 is 12.0. The molecule has 25 heavy (non-hydrogen) atoms. The minimum Gasteiger partial charge on any atom is -0.267 e. The molecule has 0 heterocycles. The Labute approximate surface area is 154 Å². The monoisotopic (exact) mass is 379 g/mol. The molecule has 1 amide bonds. The van der Waals surface area contributed by atoms with Gasteiger partial charge in [0.15, 0.2) is 0 Å². The van der Waals surface area contributed by atoms with Crippen LogP contribution in [-0.4, -0.2) is 16.5 Å². The number of nitrogens with one attached hydrogen (secondary N) is 1. The van der Waals surface area contributed by atoms with E-state index in [-0.39, 0.29) is 11.3 Å². The quantitative estimate of drug-likeness (QED) is 0.461. The predicted octanol–water partition coefficient (Wildman–Crippen LogP) is 4.75. The van der Waals surface area contributed by atoms with Crippen LogP contribution in [-0.2, 0) is 0 Å². The van der Waals surface area contributed by atoms with Gasteiger partial charge >= 0.3 is 0 Å². The molecule has 130 valence electrons. The van der Waals surface area contributed by atoms with Crippen LogP contribution in [0.3, 0.4) is 0 Å². The van der Waals surface area contributed by atoms with E-state index in [2.05, 4.69) is 10.5 Å². The summed E-state index contributed by atoms with van der Waals surface area (Å²) in [7, 11) is 0. The number of hydrazone groups is 1. The van der Waals surface area contributed by atoms with E-state index in [0.717, 1.165) is 0 Å². The Hall–Kier alpha value is -2.44. The minimum atomic E-state index is -0.493. The molecule has 0 unspecified atom stereocenters. The summed E-state index contributed by atoms with van der Waals surface area (Å²) in [4.78, 5) is 22.6. The molecule has 2 rings (SSSR count). The molecule has 0 saturated carbocycles. The molecule has 0 aromatic heterocycles. The van der Waals surface area contributed by atoms with Gasteiger partial charge in [-0.05, 0) is 37.6 Å². The molecule has 0 bridgehead atoms. The van der Waals surface area contributed by atoms with E-state index in [4.69, 9.17) is 23.2 Å². The number of nitro benzene ring substituents is 1. The molecule has 0 saturated heterocycles. The van der Waals surface area contributed by atoms with Gasteiger partial charge in [-0.3, -0.25) is 14.9 Å². The second-order valence-corrected chi connectivity index (χ2v) is 6.08. The van der Waals surface area contributed by atoms with Gasteiger partial charge in [0.2, 0.25) is 0 Å². The molecular weight excluding hydrogens is 365 g/mol. The number of nitrogens with zero attached hydrogens (tertiary/aromatic N) is 2. The summed E-state index contributed by atoms with van der Waals surface area (Å²) in [6.07, 6.45) is 0.543. The maximum Gasteiger partial charge on any atom is 0.272 e. The Balaban J connectivity index is 2.22. The first-order valence-corrected chi connectivity index (χ1v) is 8.16. The summed E-state index contributed by atoms with van der Waals surface area (Å²) in [6, 6.07) is 9.15. The number of hydrogen-bond donors (Lipinski definition) is 1. The molecule has 1 N–H and O–H groups in total. The number of carbonyl (C=O) groups excluding carboxylic acids is 1. The molecule has 0 spiro atoms. The number of carbonyl (C=O) groups is 1. The van der Waals surface area contributed by atoms with E-state index in [1.54, 1.807) is 25.1 Å². The molecule has 2 aromatic rings. The van der Waals surface area contributed by atoms with Crippen molar-refractivity contribution < 1.29 is 9.72 Å². The first-order valence-electron chi connectivity index (χ1n) is 7.40. The molecule has 2 aromatic carbocycles. The minimum absolute atomic E-state index is 0.0396. The summed E-state index contributed by atoms with van der Waals surface area (Å²) in [5.41, 5.74) is 4.36. The maximum absolute atomic E-state index is 12.2. The number of benzene rings is 2. The molecule has 0 aliphatic carbocycles. The highest BCUT2D eigenvalue weighted by Gasteiger charge is 2.14. The van der Waals surface area contributed by atoms with Crippen molar-refractivity contribution in [1.82, 2.24) is 5.43 Å². The lowest BCUT2D eigenvalue weighted by Gasteiger charge is -2.08. The van der Waals surface area contributed by atoms with Gasteiger partial charge in [0.25, 0.3) is 11.6 Å². The smallest absolute Gasteiger partial charge is 0.267 e. The van der Waals surface area contributed by atoms with Crippen LogP contribution in [0.2, 0.25) is 10.0 Å². The first kappa shape index (κ1) is 18.9. The summed E-state index contributed by atoms with van der Waals surface area (Å²) in [5.74, 6) is -0.464. The molecule has 0 aliphatic heterocycles. The van der Waals surface area contributed by atoms with E-state index < -0.39 is 10.8 Å². The highest BCUT2D eigenvalue weighted by Crippen LogP contribution is 2.22. The van der Waals surface area contributed by atoms with Crippen LogP contribution in [0.1, 0.15) is 34.8 Å². The van der Waals surface area contributed by atoms with Gasteiger partial charge in [0, 0.05) is 27.8 Å². The van der Waals surface area contributed by atoms with Crippen LogP contribution >= 0.6 is 23.2 Å². The third-order valence-corrected chi connectivity index (χ3v) is 4.07. The number of nitro groups is 1. The van der Waals surface area contributed by atoms with Gasteiger partial charge in [-0.25, -0.2) is 5.43 Å². The Morgan fingerprint density at radius 1 is 1.24 bits per heavy atom. The van der Waals surface area contributed by atoms with Crippen molar-refractivity contribution in [1.29, 1.82) is 0 Å². The molecule has 0 fully saturated rings. The van der Waals surface area contributed by atoms with Crippen molar-refractivity contribution in [3.8, 4) is 0 Å².